The van der Waals surface area contributed by atoms with Crippen LogP contribution in [0.1, 0.15) is 26.3 Å². The minimum atomic E-state index is 0.420. The normalized spacial score (nSPS) is 10.6. The Morgan fingerprint density at radius 3 is 2.63 bits per heavy atom. The molecule has 3 nitrogen and oxygen atoms in total. The van der Waals surface area contributed by atoms with E-state index in [0.717, 1.165) is 17.7 Å². The quantitative estimate of drug-likeness (QED) is 0.772. The van der Waals surface area contributed by atoms with E-state index in [4.69, 9.17) is 21.1 Å². The Morgan fingerprint density at radius 2 is 2.11 bits per heavy atom. The molecule has 19 heavy (non-hydrogen) atoms. The number of nitrogens with one attached hydrogen (secondary N) is 1. The highest BCUT2D eigenvalue weighted by atomic mass is 35.5. The summed E-state index contributed by atoms with van der Waals surface area (Å²) in [7, 11) is 1.61. The number of methoxy groups -OCH3 is 1. The topological polar surface area (TPSA) is 30.5 Å². The Balaban J connectivity index is 2.90. The average molecular weight is 284 g/mol. The Labute approximate surface area is 120 Å². The molecule has 0 spiro atoms. The summed E-state index contributed by atoms with van der Waals surface area (Å²) in [5, 5.41) is 3.90. The molecule has 0 aliphatic heterocycles. The van der Waals surface area contributed by atoms with Gasteiger partial charge >= 0.3 is 0 Å². The fourth-order valence-corrected chi connectivity index (χ4v) is 1.82. The first kappa shape index (κ1) is 15.9. The van der Waals surface area contributed by atoms with Gasteiger partial charge in [-0.05, 0) is 30.2 Å². The predicted octanol–water partition coefficient (Wildman–Crippen LogP) is 3.80. The highest BCUT2D eigenvalue weighted by molar-refractivity contribution is 6.32. The van der Waals surface area contributed by atoms with Gasteiger partial charge in [0.2, 0.25) is 0 Å². The van der Waals surface area contributed by atoms with Gasteiger partial charge in [-0.3, -0.25) is 0 Å². The molecule has 0 aliphatic carbocycles. The van der Waals surface area contributed by atoms with Gasteiger partial charge in [-0.15, -0.1) is 0 Å². The molecular formula is C15H22ClNO2. The van der Waals surface area contributed by atoms with Crippen LogP contribution in [-0.2, 0) is 6.54 Å². The van der Waals surface area contributed by atoms with Crippen LogP contribution < -0.4 is 14.8 Å². The van der Waals surface area contributed by atoms with Crippen molar-refractivity contribution in [2.45, 2.75) is 33.4 Å². The van der Waals surface area contributed by atoms with Crippen molar-refractivity contribution in [1.29, 1.82) is 0 Å². The molecule has 0 saturated carbocycles. The van der Waals surface area contributed by atoms with Crippen LogP contribution >= 0.6 is 11.6 Å². The minimum absolute atomic E-state index is 0.420. The van der Waals surface area contributed by atoms with Crippen molar-refractivity contribution >= 4 is 11.6 Å². The number of ether oxygens (including phenoxy) is 2. The molecule has 0 radical (unpaired) electrons. The van der Waals surface area contributed by atoms with Crippen LogP contribution in [0.15, 0.2) is 24.3 Å². The lowest BCUT2D eigenvalue weighted by atomic mass is 10.2. The molecule has 0 bridgehead atoms. The second-order valence-corrected chi connectivity index (χ2v) is 5.30. The van der Waals surface area contributed by atoms with Crippen molar-refractivity contribution in [3.05, 3.63) is 34.9 Å². The van der Waals surface area contributed by atoms with Gasteiger partial charge in [0.1, 0.15) is 6.61 Å². The van der Waals surface area contributed by atoms with E-state index in [1.54, 1.807) is 7.11 Å². The van der Waals surface area contributed by atoms with E-state index < -0.39 is 0 Å². The molecule has 0 atom stereocenters. The second kappa shape index (κ2) is 7.41. The highest BCUT2D eigenvalue weighted by Gasteiger charge is 2.12. The van der Waals surface area contributed by atoms with Crippen molar-refractivity contribution in [1.82, 2.24) is 5.32 Å². The third-order valence-electron chi connectivity index (χ3n) is 2.47. The third kappa shape index (κ3) is 5.13. The third-order valence-corrected chi connectivity index (χ3v) is 2.75. The van der Waals surface area contributed by atoms with Gasteiger partial charge in [-0.25, -0.2) is 0 Å². The van der Waals surface area contributed by atoms with Gasteiger partial charge in [-0.2, -0.15) is 0 Å². The molecule has 0 aliphatic rings. The van der Waals surface area contributed by atoms with Crippen LogP contribution in [0.2, 0.25) is 5.02 Å². The maximum Gasteiger partial charge on any atom is 0.180 e. The average Bonchev–Trinajstić information content (AvgIpc) is 2.34. The Kier molecular flexibility index (Phi) is 6.19. The maximum absolute atomic E-state index is 6.25. The zero-order valence-electron chi connectivity index (χ0n) is 12.0. The van der Waals surface area contributed by atoms with Crippen molar-refractivity contribution in [2.75, 3.05) is 13.7 Å². The zero-order valence-corrected chi connectivity index (χ0v) is 12.8. The molecule has 1 rings (SSSR count). The standard InChI is InChI=1S/C15H22ClNO2/c1-10(2)9-19-15-13(16)6-12(7-14(15)18-5)8-17-11(3)4/h6-7,11,17H,1,8-9H2,2-5H3. The van der Waals surface area contributed by atoms with E-state index in [0.29, 0.717) is 29.2 Å². The first-order chi connectivity index (χ1) is 8.93. The summed E-state index contributed by atoms with van der Waals surface area (Å²) in [5.41, 5.74) is 2.00. The van der Waals surface area contributed by atoms with Crippen LogP contribution in [0, 0.1) is 0 Å². The summed E-state index contributed by atoms with van der Waals surface area (Å²) in [4.78, 5) is 0. The van der Waals surface area contributed by atoms with Crippen molar-refractivity contribution < 1.29 is 9.47 Å². The molecule has 1 aromatic carbocycles. The number of rotatable bonds is 7. The SMILES string of the molecule is C=C(C)COc1c(Cl)cc(CNC(C)C)cc1OC. The second-order valence-electron chi connectivity index (χ2n) is 4.89. The first-order valence-corrected chi connectivity index (χ1v) is 6.68. The van der Waals surface area contributed by atoms with Gasteiger partial charge in [0, 0.05) is 12.6 Å². The van der Waals surface area contributed by atoms with E-state index in [9.17, 15) is 0 Å². The van der Waals surface area contributed by atoms with Gasteiger partial charge < -0.3 is 14.8 Å². The Bertz CT molecular complexity index is 444. The van der Waals surface area contributed by atoms with E-state index in [-0.39, 0.29) is 0 Å². The molecule has 106 valence electrons. The van der Waals surface area contributed by atoms with E-state index in [2.05, 4.69) is 25.7 Å². The van der Waals surface area contributed by atoms with Gasteiger partial charge in [-0.1, -0.05) is 32.0 Å². The number of hydrogen-bond acceptors (Lipinski definition) is 3. The molecule has 0 heterocycles. The maximum atomic E-state index is 6.25. The molecule has 0 saturated heterocycles. The minimum Gasteiger partial charge on any atom is -0.493 e. The summed E-state index contributed by atoms with van der Waals surface area (Å²) in [6.45, 7) is 11.1. The molecule has 0 fully saturated rings. The Morgan fingerprint density at radius 1 is 1.42 bits per heavy atom. The Hall–Kier alpha value is -1.19. The summed E-state index contributed by atoms with van der Waals surface area (Å²) < 4.78 is 11.0. The van der Waals surface area contributed by atoms with Crippen molar-refractivity contribution in [3.8, 4) is 11.5 Å². The molecule has 0 aromatic heterocycles. The van der Waals surface area contributed by atoms with Crippen molar-refractivity contribution in [2.24, 2.45) is 0 Å². The molecule has 1 aromatic rings. The zero-order chi connectivity index (χ0) is 14.4. The summed E-state index contributed by atoms with van der Waals surface area (Å²) >= 11 is 6.25. The molecule has 1 N–H and O–H groups in total. The number of halogens is 1. The van der Waals surface area contributed by atoms with Gasteiger partial charge in [0.15, 0.2) is 11.5 Å². The van der Waals surface area contributed by atoms with E-state index in [1.165, 1.54) is 0 Å². The molecule has 4 heteroatoms. The number of benzene rings is 1. The van der Waals surface area contributed by atoms with Crippen LogP contribution in [0.5, 0.6) is 11.5 Å². The highest BCUT2D eigenvalue weighted by Crippen LogP contribution is 2.36. The predicted molar refractivity (Wildman–Crippen MR) is 80.3 cm³/mol. The lowest BCUT2D eigenvalue weighted by Crippen LogP contribution is -2.21. The number of hydrogen-bond donors (Lipinski definition) is 1. The summed E-state index contributed by atoms with van der Waals surface area (Å²) in [5.74, 6) is 1.22. The molecule has 0 amide bonds. The lowest BCUT2D eigenvalue weighted by Gasteiger charge is -2.15. The first-order valence-electron chi connectivity index (χ1n) is 6.31. The van der Waals surface area contributed by atoms with Crippen LogP contribution in [-0.4, -0.2) is 19.8 Å². The molecular weight excluding hydrogens is 262 g/mol. The van der Waals surface area contributed by atoms with Crippen LogP contribution in [0.25, 0.3) is 0 Å². The van der Waals surface area contributed by atoms with Crippen LogP contribution in [0.3, 0.4) is 0 Å². The lowest BCUT2D eigenvalue weighted by molar-refractivity contribution is 0.319. The van der Waals surface area contributed by atoms with E-state index >= 15 is 0 Å². The van der Waals surface area contributed by atoms with Crippen molar-refractivity contribution in [3.63, 3.8) is 0 Å². The van der Waals surface area contributed by atoms with Gasteiger partial charge in [0.05, 0.1) is 12.1 Å². The fourth-order valence-electron chi connectivity index (χ4n) is 1.53. The summed E-state index contributed by atoms with van der Waals surface area (Å²) in [6, 6.07) is 4.26. The monoisotopic (exact) mass is 283 g/mol. The van der Waals surface area contributed by atoms with E-state index in [1.807, 2.05) is 19.1 Å². The summed E-state index contributed by atoms with van der Waals surface area (Å²) in [6.07, 6.45) is 0. The largest absolute Gasteiger partial charge is 0.493 e. The smallest absolute Gasteiger partial charge is 0.180 e. The molecule has 0 unspecified atom stereocenters. The van der Waals surface area contributed by atoms with Gasteiger partial charge in [0.25, 0.3) is 0 Å². The fraction of sp³-hybridized carbons (Fsp3) is 0.467. The van der Waals surface area contributed by atoms with Crippen LogP contribution in [0.4, 0.5) is 0 Å².